The van der Waals surface area contributed by atoms with Crippen molar-refractivity contribution in [1.29, 1.82) is 5.26 Å². The highest BCUT2D eigenvalue weighted by atomic mass is 32.2. The Kier molecular flexibility index (Phi) is 3.28. The van der Waals surface area contributed by atoms with Gasteiger partial charge in [-0.15, -0.1) is 0 Å². The number of nitrogens with zero attached hydrogens (tertiary/aromatic N) is 1. The second kappa shape index (κ2) is 4.07. The van der Waals surface area contributed by atoms with Crippen LogP contribution in [0.2, 0.25) is 0 Å². The standard InChI is InChI=1S/C8H14N2O2S/c1-2-8(5-9)10-13(11,12)6-7-3-4-7/h7-8,10H,2-4,6H2,1H3. The van der Waals surface area contributed by atoms with Crippen LogP contribution in [0.1, 0.15) is 26.2 Å². The van der Waals surface area contributed by atoms with Gasteiger partial charge in [-0.3, -0.25) is 0 Å². The van der Waals surface area contributed by atoms with Gasteiger partial charge in [0.25, 0.3) is 0 Å². The summed E-state index contributed by atoms with van der Waals surface area (Å²) in [5.74, 6) is 0.513. The maximum atomic E-state index is 11.3. The Morgan fingerprint density at radius 1 is 1.62 bits per heavy atom. The van der Waals surface area contributed by atoms with Crippen molar-refractivity contribution in [3.05, 3.63) is 0 Å². The number of nitrogens with one attached hydrogen (secondary N) is 1. The van der Waals surface area contributed by atoms with Crippen LogP contribution in [0.3, 0.4) is 0 Å². The van der Waals surface area contributed by atoms with Crippen molar-refractivity contribution in [1.82, 2.24) is 4.72 Å². The molecule has 5 heteroatoms. The first kappa shape index (κ1) is 10.5. The van der Waals surface area contributed by atoms with Gasteiger partial charge in [-0.05, 0) is 25.2 Å². The normalized spacial score (nSPS) is 19.4. The van der Waals surface area contributed by atoms with Crippen LogP contribution in [-0.2, 0) is 10.0 Å². The Hall–Kier alpha value is -0.600. The zero-order valence-corrected chi connectivity index (χ0v) is 8.47. The molecule has 1 aliphatic carbocycles. The van der Waals surface area contributed by atoms with Gasteiger partial charge in [-0.1, -0.05) is 6.92 Å². The average Bonchev–Trinajstić information content (AvgIpc) is 2.83. The van der Waals surface area contributed by atoms with Crippen LogP contribution in [0.5, 0.6) is 0 Å². The van der Waals surface area contributed by atoms with E-state index in [0.29, 0.717) is 12.3 Å². The van der Waals surface area contributed by atoms with E-state index in [2.05, 4.69) is 4.72 Å². The molecule has 1 saturated carbocycles. The molecule has 0 aliphatic heterocycles. The number of nitriles is 1. The molecule has 0 aromatic rings. The molecule has 1 fully saturated rings. The molecule has 0 bridgehead atoms. The molecule has 0 aromatic heterocycles. The number of sulfonamides is 1. The molecule has 0 spiro atoms. The Balaban J connectivity index is 2.45. The van der Waals surface area contributed by atoms with E-state index in [1.807, 2.05) is 6.07 Å². The fourth-order valence-corrected chi connectivity index (χ4v) is 2.76. The van der Waals surface area contributed by atoms with Crippen molar-refractivity contribution in [3.63, 3.8) is 0 Å². The van der Waals surface area contributed by atoms with Crippen molar-refractivity contribution < 1.29 is 8.42 Å². The summed E-state index contributed by atoms with van der Waals surface area (Å²) >= 11 is 0. The molecular weight excluding hydrogens is 188 g/mol. The van der Waals surface area contributed by atoms with E-state index < -0.39 is 16.1 Å². The second-order valence-corrected chi connectivity index (χ2v) is 5.23. The monoisotopic (exact) mass is 202 g/mol. The van der Waals surface area contributed by atoms with Crippen molar-refractivity contribution in [2.45, 2.75) is 32.2 Å². The summed E-state index contributed by atoms with van der Waals surface area (Å²) in [4.78, 5) is 0. The Labute approximate surface area is 79.0 Å². The van der Waals surface area contributed by atoms with Gasteiger partial charge >= 0.3 is 0 Å². The highest BCUT2D eigenvalue weighted by molar-refractivity contribution is 7.89. The number of hydrogen-bond donors (Lipinski definition) is 1. The molecular formula is C8H14N2O2S. The van der Waals surface area contributed by atoms with Crippen LogP contribution in [0.25, 0.3) is 0 Å². The van der Waals surface area contributed by atoms with Gasteiger partial charge in [0.15, 0.2) is 0 Å². The van der Waals surface area contributed by atoms with E-state index >= 15 is 0 Å². The maximum Gasteiger partial charge on any atom is 0.213 e. The molecule has 1 unspecified atom stereocenters. The lowest BCUT2D eigenvalue weighted by molar-refractivity contribution is 0.566. The molecule has 74 valence electrons. The lowest BCUT2D eigenvalue weighted by Crippen LogP contribution is -2.35. The summed E-state index contributed by atoms with van der Waals surface area (Å²) in [6.07, 6.45) is 2.52. The molecule has 1 N–H and O–H groups in total. The van der Waals surface area contributed by atoms with E-state index in [-0.39, 0.29) is 5.75 Å². The minimum absolute atomic E-state index is 0.186. The highest BCUT2D eigenvalue weighted by Crippen LogP contribution is 2.29. The van der Waals surface area contributed by atoms with Crippen LogP contribution in [-0.4, -0.2) is 20.2 Å². The minimum atomic E-state index is -3.21. The topological polar surface area (TPSA) is 70.0 Å². The summed E-state index contributed by atoms with van der Waals surface area (Å²) < 4.78 is 25.1. The zero-order valence-electron chi connectivity index (χ0n) is 7.66. The average molecular weight is 202 g/mol. The Morgan fingerprint density at radius 3 is 2.62 bits per heavy atom. The van der Waals surface area contributed by atoms with Crippen molar-refractivity contribution in [2.24, 2.45) is 5.92 Å². The van der Waals surface area contributed by atoms with E-state index in [0.717, 1.165) is 12.8 Å². The molecule has 4 nitrogen and oxygen atoms in total. The van der Waals surface area contributed by atoms with E-state index in [9.17, 15) is 8.42 Å². The fraction of sp³-hybridized carbons (Fsp3) is 0.875. The molecule has 0 saturated heterocycles. The van der Waals surface area contributed by atoms with Crippen LogP contribution >= 0.6 is 0 Å². The fourth-order valence-electron chi connectivity index (χ4n) is 1.06. The van der Waals surface area contributed by atoms with Gasteiger partial charge in [0, 0.05) is 0 Å². The first-order valence-corrected chi connectivity index (χ1v) is 6.12. The third-order valence-electron chi connectivity index (χ3n) is 2.04. The van der Waals surface area contributed by atoms with Gasteiger partial charge in [0.2, 0.25) is 10.0 Å². The lowest BCUT2D eigenvalue weighted by Gasteiger charge is -2.08. The second-order valence-electron chi connectivity index (χ2n) is 3.43. The largest absolute Gasteiger partial charge is 0.213 e. The van der Waals surface area contributed by atoms with Crippen molar-refractivity contribution in [2.75, 3.05) is 5.75 Å². The van der Waals surface area contributed by atoms with Crippen LogP contribution in [0.4, 0.5) is 0 Å². The van der Waals surface area contributed by atoms with Gasteiger partial charge < -0.3 is 0 Å². The third kappa shape index (κ3) is 3.75. The summed E-state index contributed by atoms with van der Waals surface area (Å²) in [6.45, 7) is 1.79. The summed E-state index contributed by atoms with van der Waals surface area (Å²) in [7, 11) is -3.21. The first-order valence-electron chi connectivity index (χ1n) is 4.47. The van der Waals surface area contributed by atoms with Gasteiger partial charge in [-0.25, -0.2) is 8.42 Å². The SMILES string of the molecule is CCC(C#N)NS(=O)(=O)CC1CC1. The Bertz CT molecular complexity index is 301. The predicted octanol–water partition coefficient (Wildman–Crippen LogP) is 0.618. The van der Waals surface area contributed by atoms with Crippen LogP contribution < -0.4 is 4.72 Å². The summed E-state index contributed by atoms with van der Waals surface area (Å²) in [6, 6.07) is 1.35. The molecule has 1 rings (SSSR count). The molecule has 1 aliphatic rings. The quantitative estimate of drug-likeness (QED) is 0.710. The lowest BCUT2D eigenvalue weighted by atomic mass is 10.3. The molecule has 1 atom stereocenters. The summed E-state index contributed by atoms with van der Waals surface area (Å²) in [5.41, 5.74) is 0. The first-order chi connectivity index (χ1) is 6.07. The van der Waals surface area contributed by atoms with E-state index in [4.69, 9.17) is 5.26 Å². The molecule has 0 amide bonds. The van der Waals surface area contributed by atoms with Gasteiger partial charge in [-0.2, -0.15) is 9.98 Å². The molecule has 0 aromatic carbocycles. The van der Waals surface area contributed by atoms with Gasteiger partial charge in [0.1, 0.15) is 6.04 Å². The third-order valence-corrected chi connectivity index (χ3v) is 3.59. The smallest absolute Gasteiger partial charge is 0.212 e. The maximum absolute atomic E-state index is 11.3. The zero-order chi connectivity index (χ0) is 9.90. The Morgan fingerprint density at radius 2 is 2.23 bits per heavy atom. The highest BCUT2D eigenvalue weighted by Gasteiger charge is 2.28. The van der Waals surface area contributed by atoms with Crippen molar-refractivity contribution >= 4 is 10.0 Å². The molecule has 0 radical (unpaired) electrons. The number of rotatable bonds is 5. The minimum Gasteiger partial charge on any atom is -0.212 e. The van der Waals surface area contributed by atoms with Crippen LogP contribution in [0.15, 0.2) is 0 Å². The van der Waals surface area contributed by atoms with Crippen molar-refractivity contribution in [3.8, 4) is 6.07 Å². The van der Waals surface area contributed by atoms with Gasteiger partial charge in [0.05, 0.1) is 11.8 Å². The summed E-state index contributed by atoms with van der Waals surface area (Å²) in [5, 5.41) is 8.56. The van der Waals surface area contributed by atoms with Crippen LogP contribution in [0, 0.1) is 17.2 Å². The molecule has 0 heterocycles. The van der Waals surface area contributed by atoms with E-state index in [1.54, 1.807) is 6.92 Å². The predicted molar refractivity (Wildman–Crippen MR) is 49.3 cm³/mol. The number of hydrogen-bond acceptors (Lipinski definition) is 3. The van der Waals surface area contributed by atoms with E-state index in [1.165, 1.54) is 0 Å². The molecule has 13 heavy (non-hydrogen) atoms.